The van der Waals surface area contributed by atoms with Gasteiger partial charge in [-0.15, -0.1) is 0 Å². The molecule has 1 aromatic rings. The Kier molecular flexibility index (Phi) is 4.16. The molecule has 120 valence electrons. The Hall–Kier alpha value is -2.45. The van der Waals surface area contributed by atoms with Crippen LogP contribution < -0.4 is 20.3 Å². The van der Waals surface area contributed by atoms with E-state index in [9.17, 15) is 22.8 Å². The number of hydrogen-bond acceptors (Lipinski definition) is 3. The fraction of sp³-hybridized carbons (Fsp3) is 0.385. The summed E-state index contributed by atoms with van der Waals surface area (Å²) in [6.07, 6.45) is -4.52. The van der Waals surface area contributed by atoms with Crippen molar-refractivity contribution >= 4 is 23.3 Å². The van der Waals surface area contributed by atoms with Crippen molar-refractivity contribution in [2.75, 3.05) is 23.9 Å². The fourth-order valence-corrected chi connectivity index (χ4v) is 1.80. The molecule has 3 amide bonds. The topological polar surface area (TPSA) is 70.7 Å². The number of rotatable bonds is 2. The lowest BCUT2D eigenvalue weighted by molar-refractivity contribution is -0.148. The van der Waals surface area contributed by atoms with E-state index in [0.717, 1.165) is 6.92 Å². The number of carbonyl (C=O) groups is 2. The number of benzene rings is 1. The first kappa shape index (κ1) is 15.9. The van der Waals surface area contributed by atoms with Crippen LogP contribution in [0.25, 0.3) is 0 Å². The van der Waals surface area contributed by atoms with Crippen LogP contribution in [0, 0.1) is 0 Å². The molecule has 0 saturated heterocycles. The van der Waals surface area contributed by atoms with Gasteiger partial charge in [-0.1, -0.05) is 0 Å². The Bertz CT molecular complexity index is 604. The van der Waals surface area contributed by atoms with Crippen LogP contribution >= 0.6 is 0 Å². The minimum absolute atomic E-state index is 0.0835. The van der Waals surface area contributed by atoms with Crippen molar-refractivity contribution in [3.63, 3.8) is 0 Å². The fourth-order valence-electron chi connectivity index (χ4n) is 1.80. The van der Waals surface area contributed by atoms with E-state index in [1.165, 1.54) is 23.1 Å². The van der Waals surface area contributed by atoms with E-state index in [-0.39, 0.29) is 18.2 Å². The molecule has 1 aromatic carbocycles. The maximum Gasteiger partial charge on any atom is 0.408 e. The molecule has 22 heavy (non-hydrogen) atoms. The maximum atomic E-state index is 12.4. The largest absolute Gasteiger partial charge is 0.482 e. The van der Waals surface area contributed by atoms with Crippen molar-refractivity contribution in [2.45, 2.75) is 19.1 Å². The average molecular weight is 317 g/mol. The van der Waals surface area contributed by atoms with Gasteiger partial charge in [0.25, 0.3) is 5.91 Å². The van der Waals surface area contributed by atoms with Crippen LogP contribution in [-0.4, -0.2) is 37.8 Å². The zero-order valence-electron chi connectivity index (χ0n) is 11.8. The highest BCUT2D eigenvalue weighted by atomic mass is 19.4. The Labute approximate surface area is 124 Å². The summed E-state index contributed by atoms with van der Waals surface area (Å²) in [5.41, 5.74) is 0.675. The molecule has 1 aliphatic rings. The predicted molar refractivity (Wildman–Crippen MR) is 73.0 cm³/mol. The normalized spacial score (nSPS) is 15.7. The van der Waals surface area contributed by atoms with Crippen LogP contribution in [0.3, 0.4) is 0 Å². The van der Waals surface area contributed by atoms with Gasteiger partial charge in [0.05, 0.1) is 5.69 Å². The van der Waals surface area contributed by atoms with Gasteiger partial charge in [0.2, 0.25) is 0 Å². The molecule has 0 aromatic heterocycles. The Morgan fingerprint density at radius 1 is 1.41 bits per heavy atom. The van der Waals surface area contributed by atoms with Gasteiger partial charge < -0.3 is 20.3 Å². The van der Waals surface area contributed by atoms with Gasteiger partial charge in [-0.05, 0) is 25.1 Å². The summed E-state index contributed by atoms with van der Waals surface area (Å²) in [5.74, 6) is 0.191. The number of fused-ring (bicyclic) bond motifs is 1. The van der Waals surface area contributed by atoms with E-state index in [2.05, 4.69) is 5.32 Å². The molecule has 0 radical (unpaired) electrons. The van der Waals surface area contributed by atoms with Gasteiger partial charge in [-0.25, -0.2) is 4.79 Å². The Balaban J connectivity index is 2.08. The zero-order valence-corrected chi connectivity index (χ0v) is 11.8. The van der Waals surface area contributed by atoms with Gasteiger partial charge in [0.1, 0.15) is 11.8 Å². The van der Waals surface area contributed by atoms with Gasteiger partial charge in [0.15, 0.2) is 6.61 Å². The number of hydrogen-bond donors (Lipinski definition) is 2. The molecule has 6 nitrogen and oxygen atoms in total. The first-order chi connectivity index (χ1) is 10.2. The molecular formula is C13H14F3N3O3. The van der Waals surface area contributed by atoms with Crippen LogP contribution in [0.1, 0.15) is 6.92 Å². The second-order valence-electron chi connectivity index (χ2n) is 4.79. The lowest BCUT2D eigenvalue weighted by atomic mass is 10.2. The number of anilines is 2. The number of urea groups is 1. The predicted octanol–water partition coefficient (Wildman–Crippen LogP) is 2.11. The molecule has 1 heterocycles. The van der Waals surface area contributed by atoms with Crippen LogP contribution in [-0.2, 0) is 4.79 Å². The van der Waals surface area contributed by atoms with E-state index in [1.807, 2.05) is 0 Å². The Morgan fingerprint density at radius 3 is 2.73 bits per heavy atom. The lowest BCUT2D eigenvalue weighted by Crippen LogP contribution is -2.45. The number of carbonyl (C=O) groups excluding carboxylic acids is 2. The van der Waals surface area contributed by atoms with Gasteiger partial charge >= 0.3 is 12.2 Å². The minimum Gasteiger partial charge on any atom is -0.482 e. The van der Waals surface area contributed by atoms with Crippen molar-refractivity contribution in [3.8, 4) is 5.75 Å². The summed E-state index contributed by atoms with van der Waals surface area (Å²) in [6.45, 7) is 0.757. The molecule has 1 atom stereocenters. The number of nitrogens with one attached hydrogen (secondary N) is 2. The van der Waals surface area contributed by atoms with E-state index in [1.54, 1.807) is 12.4 Å². The van der Waals surface area contributed by atoms with Crippen molar-refractivity contribution in [3.05, 3.63) is 18.2 Å². The van der Waals surface area contributed by atoms with Crippen LogP contribution in [0.5, 0.6) is 5.75 Å². The SMILES string of the molecule is C[C@@H](NC(=O)Nc1ccc2c(c1)N(C)C(=O)CO2)C(F)(F)F. The first-order valence-corrected chi connectivity index (χ1v) is 6.36. The molecule has 2 rings (SSSR count). The quantitative estimate of drug-likeness (QED) is 0.878. The summed E-state index contributed by atoms with van der Waals surface area (Å²) in [4.78, 5) is 24.4. The summed E-state index contributed by atoms with van der Waals surface area (Å²) in [5, 5.41) is 4.07. The van der Waals surface area contributed by atoms with E-state index >= 15 is 0 Å². The lowest BCUT2D eigenvalue weighted by Gasteiger charge is -2.26. The highest BCUT2D eigenvalue weighted by Gasteiger charge is 2.37. The molecule has 0 spiro atoms. The molecule has 0 unspecified atom stereocenters. The smallest absolute Gasteiger partial charge is 0.408 e. The Morgan fingerprint density at radius 2 is 2.09 bits per heavy atom. The second kappa shape index (κ2) is 5.74. The molecule has 2 N–H and O–H groups in total. The van der Waals surface area contributed by atoms with Crippen LogP contribution in [0.4, 0.5) is 29.3 Å². The molecule has 0 fully saturated rings. The minimum atomic E-state index is -4.52. The number of likely N-dealkylation sites (N-methyl/N-ethyl adjacent to an activating group) is 1. The standard InChI is InChI=1S/C13H14F3N3O3/c1-7(13(14,15)16)17-12(21)18-8-3-4-10-9(5-8)19(2)11(20)6-22-10/h3-5,7H,6H2,1-2H3,(H2,17,18,21)/t7-/m1/s1. The van der Waals surface area contributed by atoms with Crippen LogP contribution in [0.2, 0.25) is 0 Å². The molecule has 9 heteroatoms. The number of nitrogens with zero attached hydrogens (tertiary/aromatic N) is 1. The highest BCUT2D eigenvalue weighted by Crippen LogP contribution is 2.33. The first-order valence-electron chi connectivity index (χ1n) is 6.36. The van der Waals surface area contributed by atoms with Crippen molar-refractivity contribution in [2.24, 2.45) is 0 Å². The van der Waals surface area contributed by atoms with Gasteiger partial charge in [0, 0.05) is 12.7 Å². The number of halogens is 3. The molecule has 0 aliphatic carbocycles. The van der Waals surface area contributed by atoms with Crippen LogP contribution in [0.15, 0.2) is 18.2 Å². The van der Waals surface area contributed by atoms with Gasteiger partial charge in [-0.3, -0.25) is 4.79 Å². The number of amides is 3. The highest BCUT2D eigenvalue weighted by molar-refractivity contribution is 5.99. The van der Waals surface area contributed by atoms with E-state index in [0.29, 0.717) is 11.4 Å². The average Bonchev–Trinajstić information content (AvgIpc) is 2.42. The van der Waals surface area contributed by atoms with Crippen molar-refractivity contribution in [1.29, 1.82) is 0 Å². The maximum absolute atomic E-state index is 12.4. The molecule has 0 bridgehead atoms. The zero-order chi connectivity index (χ0) is 16.5. The summed E-state index contributed by atoms with van der Waals surface area (Å²) in [7, 11) is 1.54. The van der Waals surface area contributed by atoms with E-state index in [4.69, 9.17) is 4.74 Å². The molecule has 1 aliphatic heterocycles. The third kappa shape index (κ3) is 3.41. The second-order valence-corrected chi connectivity index (χ2v) is 4.79. The third-order valence-electron chi connectivity index (χ3n) is 3.14. The summed E-state index contributed by atoms with van der Waals surface area (Å²) >= 11 is 0. The summed E-state index contributed by atoms with van der Waals surface area (Å²) in [6, 6.07) is 1.49. The van der Waals surface area contributed by atoms with Gasteiger partial charge in [-0.2, -0.15) is 13.2 Å². The number of alkyl halides is 3. The van der Waals surface area contributed by atoms with Crippen molar-refractivity contribution < 1.29 is 27.5 Å². The van der Waals surface area contributed by atoms with E-state index < -0.39 is 18.2 Å². The monoisotopic (exact) mass is 317 g/mol. The third-order valence-corrected chi connectivity index (χ3v) is 3.14. The number of ether oxygens (including phenoxy) is 1. The molecular weight excluding hydrogens is 303 g/mol. The summed E-state index contributed by atoms with van der Waals surface area (Å²) < 4.78 is 42.3. The van der Waals surface area contributed by atoms with Crippen molar-refractivity contribution in [1.82, 2.24) is 5.32 Å². The molecule has 0 saturated carbocycles.